The molecule has 5 aromatic rings. The van der Waals surface area contributed by atoms with E-state index < -0.39 is 0 Å². The first-order valence-corrected chi connectivity index (χ1v) is 10.3. The maximum Gasteiger partial charge on any atom is 0.167 e. The highest BCUT2D eigenvalue weighted by molar-refractivity contribution is 5.91. The molecule has 0 saturated carbocycles. The van der Waals surface area contributed by atoms with E-state index in [9.17, 15) is 4.39 Å². The Balaban J connectivity index is 1.62. The highest BCUT2D eigenvalue weighted by Crippen LogP contribution is 2.33. The SMILES string of the molecule is Fc1ccc(-c2nc3c(N4CCOCC4)ccnc3n2-c2ccc3[nH]ccc3c2)cc1. The third-order valence-electron chi connectivity index (χ3n) is 5.77. The molecule has 1 saturated heterocycles. The van der Waals surface area contributed by atoms with Crippen LogP contribution in [0.25, 0.3) is 39.1 Å². The lowest BCUT2D eigenvalue weighted by atomic mass is 10.2. The highest BCUT2D eigenvalue weighted by atomic mass is 19.1. The summed E-state index contributed by atoms with van der Waals surface area (Å²) in [5.74, 6) is 0.463. The van der Waals surface area contributed by atoms with Gasteiger partial charge in [0, 0.05) is 47.6 Å². The molecular formula is C24H20FN5O. The van der Waals surface area contributed by atoms with Gasteiger partial charge in [0.25, 0.3) is 0 Å². The van der Waals surface area contributed by atoms with Crippen LogP contribution in [0.5, 0.6) is 0 Å². The number of rotatable bonds is 3. The zero-order valence-electron chi connectivity index (χ0n) is 16.8. The first-order valence-electron chi connectivity index (χ1n) is 10.3. The average Bonchev–Trinajstić information content (AvgIpc) is 3.44. The number of benzene rings is 2. The Kier molecular flexibility index (Phi) is 4.21. The zero-order valence-corrected chi connectivity index (χ0v) is 16.8. The number of pyridine rings is 1. The number of morpholine rings is 1. The number of hydrogen-bond acceptors (Lipinski definition) is 4. The summed E-state index contributed by atoms with van der Waals surface area (Å²) in [6, 6.07) is 16.7. The van der Waals surface area contributed by atoms with Gasteiger partial charge in [-0.25, -0.2) is 14.4 Å². The Hall–Kier alpha value is -3.71. The van der Waals surface area contributed by atoms with E-state index in [1.165, 1.54) is 12.1 Å². The van der Waals surface area contributed by atoms with Gasteiger partial charge in [0.15, 0.2) is 5.65 Å². The van der Waals surface area contributed by atoms with Crippen LogP contribution in [0, 0.1) is 5.82 Å². The highest BCUT2D eigenvalue weighted by Gasteiger charge is 2.21. The first-order chi connectivity index (χ1) is 15.3. The van der Waals surface area contributed by atoms with Gasteiger partial charge in [0.2, 0.25) is 0 Å². The maximum absolute atomic E-state index is 13.6. The van der Waals surface area contributed by atoms with Crippen molar-refractivity contribution in [2.75, 3.05) is 31.2 Å². The van der Waals surface area contributed by atoms with Crippen LogP contribution in [0.4, 0.5) is 10.1 Å². The molecule has 0 atom stereocenters. The van der Waals surface area contributed by atoms with Crippen LogP contribution in [0.2, 0.25) is 0 Å². The Bertz CT molecular complexity index is 1380. The molecule has 154 valence electrons. The summed E-state index contributed by atoms with van der Waals surface area (Å²) in [7, 11) is 0. The van der Waals surface area contributed by atoms with E-state index in [-0.39, 0.29) is 5.82 Å². The summed E-state index contributed by atoms with van der Waals surface area (Å²) < 4.78 is 21.2. The summed E-state index contributed by atoms with van der Waals surface area (Å²) in [6.45, 7) is 3.01. The molecular weight excluding hydrogens is 393 g/mol. The Morgan fingerprint density at radius 1 is 0.968 bits per heavy atom. The molecule has 1 N–H and O–H groups in total. The van der Waals surface area contributed by atoms with Gasteiger partial charge < -0.3 is 14.6 Å². The van der Waals surface area contributed by atoms with E-state index in [0.717, 1.165) is 57.9 Å². The summed E-state index contributed by atoms with van der Waals surface area (Å²) in [5, 5.41) is 1.11. The van der Waals surface area contributed by atoms with Gasteiger partial charge in [-0.2, -0.15) is 0 Å². The fourth-order valence-electron chi connectivity index (χ4n) is 4.24. The normalized spacial score (nSPS) is 14.5. The van der Waals surface area contributed by atoms with Crippen molar-refractivity contribution in [2.45, 2.75) is 0 Å². The molecule has 4 heterocycles. The second-order valence-electron chi connectivity index (χ2n) is 7.63. The predicted molar refractivity (Wildman–Crippen MR) is 119 cm³/mol. The number of aromatic amines is 1. The molecule has 1 fully saturated rings. The quantitative estimate of drug-likeness (QED) is 0.472. The maximum atomic E-state index is 13.6. The molecule has 1 aliphatic heterocycles. The minimum Gasteiger partial charge on any atom is -0.378 e. The van der Waals surface area contributed by atoms with Crippen LogP contribution in [-0.4, -0.2) is 45.8 Å². The number of hydrogen-bond donors (Lipinski definition) is 1. The third kappa shape index (κ3) is 3.05. The number of ether oxygens (including phenoxy) is 1. The molecule has 1 aliphatic rings. The molecule has 0 spiro atoms. The van der Waals surface area contributed by atoms with E-state index in [1.54, 1.807) is 12.1 Å². The monoisotopic (exact) mass is 413 g/mol. The van der Waals surface area contributed by atoms with E-state index in [1.807, 2.05) is 24.5 Å². The van der Waals surface area contributed by atoms with Crippen molar-refractivity contribution in [1.82, 2.24) is 19.5 Å². The summed E-state index contributed by atoms with van der Waals surface area (Å²) in [4.78, 5) is 15.2. The van der Waals surface area contributed by atoms with E-state index in [4.69, 9.17) is 14.7 Å². The molecule has 0 amide bonds. The van der Waals surface area contributed by atoms with E-state index in [2.05, 4.69) is 32.7 Å². The molecule has 6 rings (SSSR count). The third-order valence-corrected chi connectivity index (χ3v) is 5.77. The number of aromatic nitrogens is 4. The fraction of sp³-hybridized carbons (Fsp3) is 0.167. The number of H-pyrrole nitrogens is 1. The lowest BCUT2D eigenvalue weighted by Crippen LogP contribution is -2.36. The van der Waals surface area contributed by atoms with Crippen LogP contribution in [-0.2, 0) is 4.74 Å². The van der Waals surface area contributed by atoms with E-state index in [0.29, 0.717) is 13.2 Å². The van der Waals surface area contributed by atoms with Crippen molar-refractivity contribution >= 4 is 27.8 Å². The minimum atomic E-state index is -0.271. The first kappa shape index (κ1) is 18.1. The standard InChI is InChI=1S/C24H20FN5O/c25-18-3-1-16(2-4-18)23-28-22-21(29-11-13-31-14-12-29)8-10-27-24(22)30(23)19-5-6-20-17(15-19)7-9-26-20/h1-10,15,26H,11-14H2. The van der Waals surface area contributed by atoms with Gasteiger partial charge in [-0.05, 0) is 54.6 Å². The molecule has 2 aromatic carbocycles. The van der Waals surface area contributed by atoms with Gasteiger partial charge in [-0.15, -0.1) is 0 Å². The van der Waals surface area contributed by atoms with Crippen LogP contribution in [0.1, 0.15) is 0 Å². The number of nitrogens with one attached hydrogen (secondary N) is 1. The van der Waals surface area contributed by atoms with Gasteiger partial charge >= 0.3 is 0 Å². The van der Waals surface area contributed by atoms with Gasteiger partial charge in [-0.1, -0.05) is 0 Å². The number of fused-ring (bicyclic) bond motifs is 2. The fourth-order valence-corrected chi connectivity index (χ4v) is 4.24. The Morgan fingerprint density at radius 3 is 2.65 bits per heavy atom. The molecule has 6 nitrogen and oxygen atoms in total. The lowest BCUT2D eigenvalue weighted by molar-refractivity contribution is 0.123. The van der Waals surface area contributed by atoms with Crippen molar-refractivity contribution < 1.29 is 9.13 Å². The van der Waals surface area contributed by atoms with Crippen LogP contribution >= 0.6 is 0 Å². The van der Waals surface area contributed by atoms with Gasteiger partial charge in [0.1, 0.15) is 17.2 Å². The number of imidazole rings is 1. The molecule has 3 aromatic heterocycles. The van der Waals surface area contributed by atoms with Crippen molar-refractivity contribution in [3.63, 3.8) is 0 Å². The summed E-state index contributed by atoms with van der Waals surface area (Å²) in [5.41, 5.74) is 5.51. The largest absolute Gasteiger partial charge is 0.378 e. The van der Waals surface area contributed by atoms with Crippen molar-refractivity contribution in [1.29, 1.82) is 0 Å². The molecule has 7 heteroatoms. The van der Waals surface area contributed by atoms with Crippen LogP contribution in [0.15, 0.2) is 67.0 Å². The average molecular weight is 413 g/mol. The molecule has 31 heavy (non-hydrogen) atoms. The van der Waals surface area contributed by atoms with Crippen LogP contribution in [0.3, 0.4) is 0 Å². The molecule has 0 bridgehead atoms. The zero-order chi connectivity index (χ0) is 20.8. The minimum absolute atomic E-state index is 0.271. The van der Waals surface area contributed by atoms with Crippen molar-refractivity contribution in [3.05, 3.63) is 72.8 Å². The number of nitrogens with zero attached hydrogens (tertiary/aromatic N) is 4. The molecule has 0 unspecified atom stereocenters. The second-order valence-corrected chi connectivity index (χ2v) is 7.63. The van der Waals surface area contributed by atoms with Crippen molar-refractivity contribution in [2.24, 2.45) is 0 Å². The Morgan fingerprint density at radius 2 is 1.81 bits per heavy atom. The number of halogens is 1. The second kappa shape index (κ2) is 7.21. The topological polar surface area (TPSA) is 59.0 Å². The number of anilines is 1. The lowest BCUT2D eigenvalue weighted by Gasteiger charge is -2.28. The van der Waals surface area contributed by atoms with Crippen LogP contribution < -0.4 is 4.90 Å². The Labute approximate surface area is 177 Å². The predicted octanol–water partition coefficient (Wildman–Crippen LogP) is 4.54. The summed E-state index contributed by atoms with van der Waals surface area (Å²) >= 11 is 0. The smallest absolute Gasteiger partial charge is 0.167 e. The van der Waals surface area contributed by atoms with E-state index >= 15 is 0 Å². The molecule has 0 radical (unpaired) electrons. The molecule has 0 aliphatic carbocycles. The van der Waals surface area contributed by atoms with Crippen molar-refractivity contribution in [3.8, 4) is 17.1 Å². The summed E-state index contributed by atoms with van der Waals surface area (Å²) in [6.07, 6.45) is 3.75. The van der Waals surface area contributed by atoms with Gasteiger partial charge in [-0.3, -0.25) is 4.57 Å². The van der Waals surface area contributed by atoms with Gasteiger partial charge in [0.05, 0.1) is 18.9 Å².